The van der Waals surface area contributed by atoms with Crippen LogP contribution in [0.1, 0.15) is 48.5 Å². The second-order valence-electron chi connectivity index (χ2n) is 6.79. The molecule has 0 spiro atoms. The van der Waals surface area contributed by atoms with Crippen molar-refractivity contribution in [1.29, 1.82) is 0 Å². The Bertz CT molecular complexity index is 801. The first-order chi connectivity index (χ1) is 11.6. The van der Waals surface area contributed by atoms with Gasteiger partial charge in [0.1, 0.15) is 0 Å². The first-order valence-corrected chi connectivity index (χ1v) is 8.72. The van der Waals surface area contributed by atoms with Crippen molar-refractivity contribution in [2.45, 2.75) is 39.2 Å². The van der Waals surface area contributed by atoms with Crippen molar-refractivity contribution >= 4 is 5.78 Å². The molecule has 1 unspecified atom stereocenters. The molecule has 2 aliphatic rings. The highest BCUT2D eigenvalue weighted by Crippen LogP contribution is 2.45. The maximum atomic E-state index is 12.7. The van der Waals surface area contributed by atoms with E-state index in [2.05, 4.69) is 17.6 Å². The summed E-state index contributed by atoms with van der Waals surface area (Å²) in [4.78, 5) is 12.7. The van der Waals surface area contributed by atoms with Gasteiger partial charge in [-0.25, -0.2) is 0 Å². The maximum absolute atomic E-state index is 12.7. The average Bonchev–Trinajstić information content (AvgIpc) is 3.34. The molecule has 0 bridgehead atoms. The minimum absolute atomic E-state index is 0.226. The molecule has 1 aromatic carbocycles. The fourth-order valence-corrected chi connectivity index (χ4v) is 3.70. The molecule has 4 rings (SSSR count). The topological polar surface area (TPSA) is 40.5 Å². The highest BCUT2D eigenvalue weighted by atomic mass is 16.5. The summed E-state index contributed by atoms with van der Waals surface area (Å²) < 4.78 is 13.5. The predicted octanol–water partition coefficient (Wildman–Crippen LogP) is 4.27. The number of hydrogen-bond acceptors (Lipinski definition) is 3. The largest absolute Gasteiger partial charge is 0.493 e. The number of hydrogen-bond donors (Lipinski definition) is 0. The van der Waals surface area contributed by atoms with Crippen LogP contribution < -0.4 is 9.47 Å². The van der Waals surface area contributed by atoms with Gasteiger partial charge in [-0.1, -0.05) is 6.92 Å². The van der Waals surface area contributed by atoms with Gasteiger partial charge >= 0.3 is 0 Å². The molecule has 1 atom stereocenters. The van der Waals surface area contributed by atoms with Crippen LogP contribution >= 0.6 is 0 Å². The fourth-order valence-electron chi connectivity index (χ4n) is 3.70. The van der Waals surface area contributed by atoms with Crippen LogP contribution in [-0.2, 0) is 6.54 Å². The van der Waals surface area contributed by atoms with Gasteiger partial charge < -0.3 is 14.0 Å². The number of rotatable bonds is 5. The molecule has 1 saturated carbocycles. The van der Waals surface area contributed by atoms with Crippen LogP contribution in [0, 0.1) is 5.92 Å². The van der Waals surface area contributed by atoms with Gasteiger partial charge in [0.15, 0.2) is 17.3 Å². The average molecular weight is 325 g/mol. The smallest absolute Gasteiger partial charge is 0.168 e. The summed E-state index contributed by atoms with van der Waals surface area (Å²) in [6.07, 6.45) is 4.10. The van der Waals surface area contributed by atoms with Crippen molar-refractivity contribution in [3.8, 4) is 22.8 Å². The predicted molar refractivity (Wildman–Crippen MR) is 93.1 cm³/mol. The zero-order valence-electron chi connectivity index (χ0n) is 14.5. The lowest BCUT2D eigenvalue weighted by atomic mass is 9.88. The molecule has 1 aliphatic carbocycles. The highest BCUT2D eigenvalue weighted by molar-refractivity contribution is 6.05. The Labute approximate surface area is 142 Å². The normalized spacial score (nSPS) is 18.7. The van der Waals surface area contributed by atoms with Crippen molar-refractivity contribution in [1.82, 2.24) is 4.57 Å². The summed E-state index contributed by atoms with van der Waals surface area (Å²) in [5, 5.41) is 0. The van der Waals surface area contributed by atoms with E-state index in [1.54, 1.807) is 7.11 Å². The van der Waals surface area contributed by atoms with E-state index in [1.807, 2.05) is 25.3 Å². The van der Waals surface area contributed by atoms with Crippen LogP contribution in [0.4, 0.5) is 0 Å². The van der Waals surface area contributed by atoms with Crippen molar-refractivity contribution in [2.24, 2.45) is 5.92 Å². The molecule has 1 aromatic heterocycles. The molecule has 1 fully saturated rings. The Balaban J connectivity index is 1.88. The first-order valence-electron chi connectivity index (χ1n) is 8.72. The quantitative estimate of drug-likeness (QED) is 0.771. The molecule has 2 heterocycles. The van der Waals surface area contributed by atoms with Crippen molar-refractivity contribution in [3.63, 3.8) is 0 Å². The number of benzene rings is 1. The zero-order chi connectivity index (χ0) is 16.8. The van der Waals surface area contributed by atoms with Crippen LogP contribution in [-0.4, -0.2) is 24.1 Å². The Morgan fingerprint density at radius 1 is 1.29 bits per heavy atom. The van der Waals surface area contributed by atoms with Gasteiger partial charge in [-0.2, -0.15) is 0 Å². The molecule has 2 aromatic rings. The van der Waals surface area contributed by atoms with E-state index in [0.717, 1.165) is 47.7 Å². The van der Waals surface area contributed by atoms with Crippen LogP contribution in [0.15, 0.2) is 24.4 Å². The Morgan fingerprint density at radius 3 is 2.75 bits per heavy atom. The first kappa shape index (κ1) is 15.3. The summed E-state index contributed by atoms with van der Waals surface area (Å²) in [7, 11) is 1.66. The molecule has 1 aliphatic heterocycles. The lowest BCUT2D eigenvalue weighted by molar-refractivity contribution is 0.0968. The summed E-state index contributed by atoms with van der Waals surface area (Å²) in [5.74, 6) is 2.39. The molecular weight excluding hydrogens is 302 g/mol. The second-order valence-corrected chi connectivity index (χ2v) is 6.79. The van der Waals surface area contributed by atoms with Gasteiger partial charge in [0.05, 0.1) is 19.4 Å². The SMILES string of the molecule is CCOc1cc2c(cc1OC)-c1c(C(=O)C3CC3)ccn1CC2C. The molecule has 24 heavy (non-hydrogen) atoms. The van der Waals surface area contributed by atoms with Crippen molar-refractivity contribution in [2.75, 3.05) is 13.7 Å². The van der Waals surface area contributed by atoms with E-state index in [9.17, 15) is 4.79 Å². The van der Waals surface area contributed by atoms with E-state index >= 15 is 0 Å². The number of nitrogens with zero attached hydrogens (tertiary/aromatic N) is 1. The van der Waals surface area contributed by atoms with E-state index in [1.165, 1.54) is 5.56 Å². The van der Waals surface area contributed by atoms with Crippen molar-refractivity contribution < 1.29 is 14.3 Å². The number of ketones is 1. The number of fused-ring (bicyclic) bond motifs is 3. The standard InChI is InChI=1S/C20H23NO3/c1-4-24-18-9-15-12(2)11-21-8-7-14(20(22)13-5-6-13)19(21)16(15)10-17(18)23-3/h7-10,12-13H,4-6,11H2,1-3H3. The highest BCUT2D eigenvalue weighted by Gasteiger charge is 2.35. The molecule has 4 nitrogen and oxygen atoms in total. The number of aromatic nitrogens is 1. The lowest BCUT2D eigenvalue weighted by Gasteiger charge is -2.27. The Hall–Kier alpha value is -2.23. The molecule has 4 heteroatoms. The maximum Gasteiger partial charge on any atom is 0.168 e. The summed E-state index contributed by atoms with van der Waals surface area (Å²) in [6.45, 7) is 5.68. The minimum atomic E-state index is 0.226. The second kappa shape index (κ2) is 5.69. The van der Waals surface area contributed by atoms with Gasteiger partial charge in [0.25, 0.3) is 0 Å². The molecule has 0 saturated heterocycles. The van der Waals surface area contributed by atoms with Gasteiger partial charge in [0.2, 0.25) is 0 Å². The van der Waals surface area contributed by atoms with E-state index < -0.39 is 0 Å². The summed E-state index contributed by atoms with van der Waals surface area (Å²) in [6, 6.07) is 6.11. The van der Waals surface area contributed by atoms with Gasteiger partial charge in [-0.05, 0) is 49.4 Å². The van der Waals surface area contributed by atoms with Crippen molar-refractivity contribution in [3.05, 3.63) is 35.5 Å². The summed E-state index contributed by atoms with van der Waals surface area (Å²) >= 11 is 0. The monoisotopic (exact) mass is 325 g/mol. The lowest BCUT2D eigenvalue weighted by Crippen LogP contribution is -2.16. The Morgan fingerprint density at radius 2 is 2.08 bits per heavy atom. The zero-order valence-corrected chi connectivity index (χ0v) is 14.5. The molecule has 0 N–H and O–H groups in total. The molecular formula is C20H23NO3. The fraction of sp³-hybridized carbons (Fsp3) is 0.450. The van der Waals surface area contributed by atoms with E-state index in [0.29, 0.717) is 12.5 Å². The Kier molecular flexibility index (Phi) is 3.63. The number of Topliss-reactive ketones (excluding diaryl/α,β-unsaturated/α-hetero) is 1. The van der Waals surface area contributed by atoms with Crippen LogP contribution in [0.2, 0.25) is 0 Å². The third kappa shape index (κ3) is 2.32. The minimum Gasteiger partial charge on any atom is -0.493 e. The van der Waals surface area contributed by atoms with Gasteiger partial charge in [-0.3, -0.25) is 4.79 Å². The van der Waals surface area contributed by atoms with E-state index in [-0.39, 0.29) is 11.7 Å². The molecule has 0 radical (unpaired) electrons. The van der Waals surface area contributed by atoms with Crippen LogP contribution in [0.25, 0.3) is 11.3 Å². The third-order valence-electron chi connectivity index (χ3n) is 5.07. The third-order valence-corrected chi connectivity index (χ3v) is 5.07. The number of carbonyl (C=O) groups is 1. The number of ether oxygens (including phenoxy) is 2. The summed E-state index contributed by atoms with van der Waals surface area (Å²) in [5.41, 5.74) is 4.23. The van der Waals surface area contributed by atoms with Gasteiger partial charge in [-0.15, -0.1) is 0 Å². The van der Waals surface area contributed by atoms with Crippen LogP contribution in [0.5, 0.6) is 11.5 Å². The van der Waals surface area contributed by atoms with Gasteiger partial charge in [0, 0.05) is 29.8 Å². The number of carbonyl (C=O) groups excluding carboxylic acids is 1. The van der Waals surface area contributed by atoms with Crippen LogP contribution in [0.3, 0.4) is 0 Å². The molecule has 0 amide bonds. The molecule has 126 valence electrons. The van der Waals surface area contributed by atoms with E-state index in [4.69, 9.17) is 9.47 Å². The number of methoxy groups -OCH3 is 1.